The van der Waals surface area contributed by atoms with Crippen LogP contribution >= 0.6 is 0 Å². The third kappa shape index (κ3) is 3.40. The number of amides is 1. The zero-order valence-electron chi connectivity index (χ0n) is 15.9. The Morgan fingerprint density at radius 3 is 2.69 bits per heavy atom. The quantitative estimate of drug-likeness (QED) is 0.479. The SMILES string of the molecule is C=CC(=O)Nc1cccc(-c2cnc3[nH]cc(-c4cccc(C#N)c4)c3c2C)c1. The molecule has 0 aliphatic heterocycles. The second-order valence-corrected chi connectivity index (χ2v) is 6.69. The standard InChI is InChI=1S/C24H18N4O/c1-3-22(29)28-19-9-5-8-18(11-19)20-13-26-24-23(15(20)2)21(14-27-24)17-7-4-6-16(10-17)12-25/h3-11,13-14H,1H2,2H3,(H,26,27)(H,28,29). The van der Waals surface area contributed by atoms with Gasteiger partial charge >= 0.3 is 0 Å². The number of nitriles is 1. The van der Waals surface area contributed by atoms with Crippen molar-refractivity contribution in [2.24, 2.45) is 0 Å². The van der Waals surface area contributed by atoms with Crippen molar-refractivity contribution < 1.29 is 4.79 Å². The Bertz CT molecular complexity index is 1290. The number of hydrogen-bond acceptors (Lipinski definition) is 3. The number of pyridine rings is 1. The van der Waals surface area contributed by atoms with E-state index in [2.05, 4.69) is 34.9 Å². The molecule has 2 N–H and O–H groups in total. The van der Waals surface area contributed by atoms with Crippen LogP contribution in [-0.2, 0) is 4.79 Å². The van der Waals surface area contributed by atoms with Crippen molar-refractivity contribution in [1.29, 1.82) is 5.26 Å². The summed E-state index contributed by atoms with van der Waals surface area (Å²) in [6, 6.07) is 17.4. The van der Waals surface area contributed by atoms with Crippen LogP contribution in [0.1, 0.15) is 11.1 Å². The fourth-order valence-electron chi connectivity index (χ4n) is 3.49. The zero-order valence-corrected chi connectivity index (χ0v) is 15.9. The molecule has 5 nitrogen and oxygen atoms in total. The predicted molar refractivity (Wildman–Crippen MR) is 115 cm³/mol. The van der Waals surface area contributed by atoms with Crippen LogP contribution < -0.4 is 5.32 Å². The van der Waals surface area contributed by atoms with E-state index < -0.39 is 0 Å². The topological polar surface area (TPSA) is 81.6 Å². The maximum Gasteiger partial charge on any atom is 0.247 e. The number of carbonyl (C=O) groups excluding carboxylic acids is 1. The van der Waals surface area contributed by atoms with E-state index in [-0.39, 0.29) is 5.91 Å². The number of aromatic amines is 1. The van der Waals surface area contributed by atoms with Crippen LogP contribution in [-0.4, -0.2) is 15.9 Å². The summed E-state index contributed by atoms with van der Waals surface area (Å²) >= 11 is 0. The van der Waals surface area contributed by atoms with E-state index >= 15 is 0 Å². The molecule has 0 saturated carbocycles. The summed E-state index contributed by atoms with van der Waals surface area (Å²) in [5.74, 6) is -0.252. The molecule has 0 saturated heterocycles. The lowest BCUT2D eigenvalue weighted by atomic mass is 9.96. The van der Waals surface area contributed by atoms with E-state index in [1.165, 1.54) is 6.08 Å². The van der Waals surface area contributed by atoms with Crippen LogP contribution in [0.5, 0.6) is 0 Å². The molecular formula is C24H18N4O. The van der Waals surface area contributed by atoms with Crippen LogP contribution in [0.3, 0.4) is 0 Å². The molecule has 2 heterocycles. The highest BCUT2D eigenvalue weighted by Crippen LogP contribution is 2.35. The van der Waals surface area contributed by atoms with Gasteiger partial charge in [-0.25, -0.2) is 4.98 Å². The van der Waals surface area contributed by atoms with Gasteiger partial charge in [-0.15, -0.1) is 0 Å². The molecule has 29 heavy (non-hydrogen) atoms. The Labute approximate surface area is 168 Å². The third-order valence-corrected chi connectivity index (χ3v) is 4.89. The van der Waals surface area contributed by atoms with E-state index in [1.54, 1.807) is 6.07 Å². The lowest BCUT2D eigenvalue weighted by Gasteiger charge is -2.11. The van der Waals surface area contributed by atoms with Crippen LogP contribution in [0.25, 0.3) is 33.3 Å². The third-order valence-electron chi connectivity index (χ3n) is 4.89. The van der Waals surface area contributed by atoms with Crippen LogP contribution in [0.15, 0.2) is 73.6 Å². The fourth-order valence-corrected chi connectivity index (χ4v) is 3.49. The normalized spacial score (nSPS) is 10.5. The minimum Gasteiger partial charge on any atom is -0.346 e. The molecular weight excluding hydrogens is 360 g/mol. The van der Waals surface area contributed by atoms with E-state index in [9.17, 15) is 10.1 Å². The van der Waals surface area contributed by atoms with Crippen molar-refractivity contribution in [3.8, 4) is 28.3 Å². The first-order valence-electron chi connectivity index (χ1n) is 9.12. The second kappa shape index (κ2) is 7.45. The molecule has 0 aliphatic rings. The summed E-state index contributed by atoms with van der Waals surface area (Å²) in [7, 11) is 0. The van der Waals surface area contributed by atoms with Gasteiger partial charge in [0, 0.05) is 34.6 Å². The van der Waals surface area contributed by atoms with Crippen molar-refractivity contribution in [2.75, 3.05) is 5.32 Å². The van der Waals surface area contributed by atoms with Crippen LogP contribution in [0.2, 0.25) is 0 Å². The predicted octanol–water partition coefficient (Wildman–Crippen LogP) is 5.20. The summed E-state index contributed by atoms with van der Waals surface area (Å²) in [5, 5.41) is 13.0. The zero-order chi connectivity index (χ0) is 20.4. The van der Waals surface area contributed by atoms with E-state index in [0.29, 0.717) is 11.3 Å². The first-order chi connectivity index (χ1) is 14.1. The molecule has 140 valence electrons. The number of aromatic nitrogens is 2. The summed E-state index contributed by atoms with van der Waals surface area (Å²) in [6.07, 6.45) is 5.00. The molecule has 5 heteroatoms. The average molecular weight is 378 g/mol. The summed E-state index contributed by atoms with van der Waals surface area (Å²) < 4.78 is 0. The van der Waals surface area contributed by atoms with Crippen molar-refractivity contribution in [2.45, 2.75) is 6.92 Å². The number of nitrogens with zero attached hydrogens (tertiary/aromatic N) is 2. The summed E-state index contributed by atoms with van der Waals surface area (Å²) in [6.45, 7) is 5.54. The molecule has 0 unspecified atom stereocenters. The first-order valence-corrected chi connectivity index (χ1v) is 9.12. The molecule has 0 aliphatic carbocycles. The molecule has 0 spiro atoms. The number of nitrogens with one attached hydrogen (secondary N) is 2. The monoisotopic (exact) mass is 378 g/mol. The van der Waals surface area contributed by atoms with Gasteiger partial charge in [0.05, 0.1) is 11.6 Å². The number of carbonyl (C=O) groups is 1. The summed E-state index contributed by atoms with van der Waals surface area (Å²) in [5.41, 5.74) is 7.07. The minimum absolute atomic E-state index is 0.252. The molecule has 2 aromatic carbocycles. The smallest absolute Gasteiger partial charge is 0.247 e. The molecule has 0 radical (unpaired) electrons. The maximum absolute atomic E-state index is 11.6. The van der Waals surface area contributed by atoms with E-state index in [0.717, 1.165) is 38.9 Å². The van der Waals surface area contributed by atoms with E-state index in [1.807, 2.05) is 54.9 Å². The van der Waals surface area contributed by atoms with Gasteiger partial charge in [-0.05, 0) is 54.0 Å². The Morgan fingerprint density at radius 1 is 1.17 bits per heavy atom. The number of fused-ring (bicyclic) bond motifs is 1. The molecule has 2 aromatic heterocycles. The highest BCUT2D eigenvalue weighted by atomic mass is 16.1. The van der Waals surface area contributed by atoms with Gasteiger partial charge in [0.15, 0.2) is 0 Å². The van der Waals surface area contributed by atoms with Gasteiger partial charge in [0.2, 0.25) is 5.91 Å². The number of aryl methyl sites for hydroxylation is 1. The van der Waals surface area contributed by atoms with Crippen LogP contribution in [0, 0.1) is 18.3 Å². The fraction of sp³-hybridized carbons (Fsp3) is 0.0417. The van der Waals surface area contributed by atoms with Crippen molar-refractivity contribution in [3.63, 3.8) is 0 Å². The van der Waals surface area contributed by atoms with Crippen molar-refractivity contribution in [3.05, 3.63) is 84.7 Å². The van der Waals surface area contributed by atoms with Gasteiger partial charge in [-0.3, -0.25) is 4.79 Å². The molecule has 4 aromatic rings. The minimum atomic E-state index is -0.252. The molecule has 0 bridgehead atoms. The number of rotatable bonds is 4. The maximum atomic E-state index is 11.6. The molecule has 4 rings (SSSR count). The second-order valence-electron chi connectivity index (χ2n) is 6.69. The van der Waals surface area contributed by atoms with E-state index in [4.69, 9.17) is 0 Å². The highest BCUT2D eigenvalue weighted by Gasteiger charge is 2.14. The number of benzene rings is 2. The Morgan fingerprint density at radius 2 is 1.93 bits per heavy atom. The van der Waals surface area contributed by atoms with Crippen LogP contribution in [0.4, 0.5) is 5.69 Å². The number of anilines is 1. The Kier molecular flexibility index (Phi) is 4.68. The van der Waals surface area contributed by atoms with Gasteiger partial charge < -0.3 is 10.3 Å². The Balaban J connectivity index is 1.85. The Hall–Kier alpha value is -4.17. The lowest BCUT2D eigenvalue weighted by molar-refractivity contribution is -0.111. The molecule has 1 amide bonds. The van der Waals surface area contributed by atoms with Crippen molar-refractivity contribution in [1.82, 2.24) is 9.97 Å². The molecule has 0 atom stereocenters. The number of H-pyrrole nitrogens is 1. The summed E-state index contributed by atoms with van der Waals surface area (Å²) in [4.78, 5) is 19.4. The largest absolute Gasteiger partial charge is 0.346 e. The average Bonchev–Trinajstić information content (AvgIpc) is 3.19. The van der Waals surface area contributed by atoms with Gasteiger partial charge in [0.25, 0.3) is 0 Å². The highest BCUT2D eigenvalue weighted by molar-refractivity contribution is 6.01. The molecule has 0 fully saturated rings. The van der Waals surface area contributed by atoms with Crippen molar-refractivity contribution >= 4 is 22.6 Å². The first kappa shape index (κ1) is 18.2. The van der Waals surface area contributed by atoms with Gasteiger partial charge in [0.1, 0.15) is 5.65 Å². The lowest BCUT2D eigenvalue weighted by Crippen LogP contribution is -2.07. The number of hydrogen-bond donors (Lipinski definition) is 2. The van der Waals surface area contributed by atoms with Gasteiger partial charge in [-0.1, -0.05) is 30.8 Å². The van der Waals surface area contributed by atoms with Gasteiger partial charge in [-0.2, -0.15) is 5.26 Å².